The first-order chi connectivity index (χ1) is 14.5. The molecule has 0 radical (unpaired) electrons. The number of thioether (sulfide) groups is 1. The van der Waals surface area contributed by atoms with E-state index in [-0.39, 0.29) is 11.4 Å². The molecule has 1 fully saturated rings. The Bertz CT molecular complexity index is 1160. The molecule has 2 aromatic heterocycles. The minimum absolute atomic E-state index is 0.143. The Balaban J connectivity index is 1.25. The highest BCUT2D eigenvalue weighted by Gasteiger charge is 2.26. The number of hydrogen-bond acceptors (Lipinski definition) is 5. The molecule has 1 aromatic carbocycles. The zero-order valence-electron chi connectivity index (χ0n) is 17.4. The second-order valence-corrected chi connectivity index (χ2v) is 9.36. The fraction of sp³-hybridized carbons (Fsp3) is 0.500. The van der Waals surface area contributed by atoms with Crippen LogP contribution in [-0.4, -0.2) is 49.6 Å². The number of likely N-dealkylation sites (tertiary alicyclic amines) is 1. The minimum atomic E-state index is -0.224. The van der Waals surface area contributed by atoms with Crippen molar-refractivity contribution in [1.82, 2.24) is 24.2 Å². The van der Waals surface area contributed by atoms with E-state index in [0.29, 0.717) is 5.92 Å². The topological polar surface area (TPSA) is 56.0 Å². The predicted octanol–water partition coefficient (Wildman–Crippen LogP) is 3.11. The summed E-state index contributed by atoms with van der Waals surface area (Å²) >= 11 is 1.67. The summed E-state index contributed by atoms with van der Waals surface area (Å²) in [5.74, 6) is 1.10. The molecule has 2 aliphatic heterocycles. The molecule has 0 N–H and O–H groups in total. The van der Waals surface area contributed by atoms with Gasteiger partial charge in [-0.3, -0.25) is 14.0 Å². The maximum Gasteiger partial charge on any atom is 0.257 e. The van der Waals surface area contributed by atoms with Gasteiger partial charge in [0, 0.05) is 48.5 Å². The van der Waals surface area contributed by atoms with E-state index >= 15 is 0 Å². The Morgan fingerprint density at radius 3 is 2.83 bits per heavy atom. The molecule has 0 aliphatic carbocycles. The van der Waals surface area contributed by atoms with E-state index in [1.165, 1.54) is 6.07 Å². The molecule has 1 saturated heterocycles. The van der Waals surface area contributed by atoms with Crippen LogP contribution in [0.5, 0.6) is 0 Å². The number of halogens is 1. The molecule has 2 aliphatic rings. The lowest BCUT2D eigenvalue weighted by molar-refractivity contribution is 0.213. The van der Waals surface area contributed by atoms with Gasteiger partial charge in [-0.15, -0.1) is 0 Å². The van der Waals surface area contributed by atoms with Crippen LogP contribution < -0.4 is 5.56 Å². The van der Waals surface area contributed by atoms with E-state index in [4.69, 9.17) is 5.10 Å². The van der Waals surface area contributed by atoms with Crippen molar-refractivity contribution < 1.29 is 4.39 Å². The molecule has 0 saturated carbocycles. The Kier molecular flexibility index (Phi) is 5.14. The Morgan fingerprint density at radius 1 is 1.23 bits per heavy atom. The van der Waals surface area contributed by atoms with Crippen LogP contribution in [0.1, 0.15) is 35.7 Å². The Hall–Kier alpha value is -2.19. The summed E-state index contributed by atoms with van der Waals surface area (Å²) in [7, 11) is 1.88. The Labute approximate surface area is 179 Å². The smallest absolute Gasteiger partial charge is 0.257 e. The maximum atomic E-state index is 13.6. The highest BCUT2D eigenvalue weighted by atomic mass is 32.2. The maximum absolute atomic E-state index is 13.6. The number of aryl methyl sites for hydroxylation is 2. The summed E-state index contributed by atoms with van der Waals surface area (Å²) in [5, 5.41) is 6.63. The van der Waals surface area contributed by atoms with Gasteiger partial charge in [-0.05, 0) is 57.5 Å². The van der Waals surface area contributed by atoms with Gasteiger partial charge in [0.05, 0.1) is 11.2 Å². The van der Waals surface area contributed by atoms with Crippen LogP contribution in [-0.2, 0) is 20.0 Å². The van der Waals surface area contributed by atoms with Crippen molar-refractivity contribution in [2.75, 3.05) is 25.4 Å². The molecule has 0 unspecified atom stereocenters. The molecule has 158 valence electrons. The zero-order chi connectivity index (χ0) is 20.8. The molecule has 3 aromatic rings. The monoisotopic (exact) mass is 427 g/mol. The largest absolute Gasteiger partial charge is 0.303 e. The lowest BCUT2D eigenvalue weighted by atomic mass is 9.91. The average Bonchev–Trinajstić information content (AvgIpc) is 3.33. The number of hydrogen-bond donors (Lipinski definition) is 0. The lowest BCUT2D eigenvalue weighted by Gasteiger charge is -2.31. The third-order valence-electron chi connectivity index (χ3n) is 6.47. The second kappa shape index (κ2) is 7.81. The number of rotatable bonds is 4. The first kappa shape index (κ1) is 19.8. The first-order valence-corrected chi connectivity index (χ1v) is 11.6. The van der Waals surface area contributed by atoms with Gasteiger partial charge >= 0.3 is 0 Å². The summed E-state index contributed by atoms with van der Waals surface area (Å²) in [4.78, 5) is 19.9. The van der Waals surface area contributed by atoms with Crippen molar-refractivity contribution in [2.45, 2.75) is 43.8 Å². The molecule has 0 amide bonds. The van der Waals surface area contributed by atoms with Gasteiger partial charge in [-0.1, -0.05) is 11.8 Å². The van der Waals surface area contributed by atoms with Crippen molar-refractivity contribution in [3.8, 4) is 0 Å². The van der Waals surface area contributed by atoms with Gasteiger partial charge in [0.15, 0.2) is 5.16 Å². The normalized spacial score (nSPS) is 17.7. The second-order valence-electron chi connectivity index (χ2n) is 8.30. The van der Waals surface area contributed by atoms with Crippen LogP contribution in [0.3, 0.4) is 0 Å². The van der Waals surface area contributed by atoms with Crippen LogP contribution in [0.15, 0.2) is 28.2 Å². The molecule has 0 bridgehead atoms. The zero-order valence-corrected chi connectivity index (χ0v) is 18.2. The molecule has 0 atom stereocenters. The summed E-state index contributed by atoms with van der Waals surface area (Å²) < 4.78 is 17.2. The fourth-order valence-electron chi connectivity index (χ4n) is 4.76. The van der Waals surface area contributed by atoms with Gasteiger partial charge in [0.25, 0.3) is 5.56 Å². The number of aromatic nitrogens is 4. The van der Waals surface area contributed by atoms with Crippen molar-refractivity contribution in [1.29, 1.82) is 0 Å². The van der Waals surface area contributed by atoms with Gasteiger partial charge in [0.2, 0.25) is 0 Å². The predicted molar refractivity (Wildman–Crippen MR) is 117 cm³/mol. The van der Waals surface area contributed by atoms with Gasteiger partial charge in [0.1, 0.15) is 5.82 Å². The quantitative estimate of drug-likeness (QED) is 0.599. The fourth-order valence-corrected chi connectivity index (χ4v) is 5.75. The van der Waals surface area contributed by atoms with E-state index in [2.05, 4.69) is 9.88 Å². The lowest BCUT2D eigenvalue weighted by Crippen LogP contribution is -2.36. The summed E-state index contributed by atoms with van der Waals surface area (Å²) in [6, 6.07) is 4.94. The molecule has 4 heterocycles. The van der Waals surface area contributed by atoms with E-state index in [0.717, 1.165) is 84.2 Å². The van der Waals surface area contributed by atoms with Crippen molar-refractivity contribution in [2.24, 2.45) is 7.05 Å². The molecule has 30 heavy (non-hydrogen) atoms. The van der Waals surface area contributed by atoms with Crippen molar-refractivity contribution >= 4 is 22.7 Å². The van der Waals surface area contributed by atoms with Crippen molar-refractivity contribution in [3.63, 3.8) is 0 Å². The standard InChI is InChI=1S/C22H26FN5OS/c1-14-17(21(29)28-11-12-30-22(28)24-14)7-10-27-8-5-15(6-9-27)20-18-4-3-16(23)13-19(18)26(2)25-20/h3-4,13,15H,5-12H2,1-2H3. The summed E-state index contributed by atoms with van der Waals surface area (Å²) in [6.07, 6.45) is 2.81. The average molecular weight is 428 g/mol. The third kappa shape index (κ3) is 3.46. The molecule has 6 nitrogen and oxygen atoms in total. The van der Waals surface area contributed by atoms with Crippen LogP contribution in [0, 0.1) is 12.7 Å². The van der Waals surface area contributed by atoms with Crippen LogP contribution in [0.2, 0.25) is 0 Å². The number of piperidine rings is 1. The highest BCUT2D eigenvalue weighted by Crippen LogP contribution is 2.32. The molecule has 0 spiro atoms. The molecular formula is C22H26FN5OS. The highest BCUT2D eigenvalue weighted by molar-refractivity contribution is 7.99. The Morgan fingerprint density at radius 2 is 2.03 bits per heavy atom. The number of nitrogens with zero attached hydrogens (tertiary/aromatic N) is 5. The van der Waals surface area contributed by atoms with E-state index in [1.54, 1.807) is 22.5 Å². The first-order valence-electron chi connectivity index (χ1n) is 10.6. The van der Waals surface area contributed by atoms with E-state index < -0.39 is 0 Å². The minimum Gasteiger partial charge on any atom is -0.303 e. The van der Waals surface area contributed by atoms with Crippen LogP contribution in [0.4, 0.5) is 4.39 Å². The summed E-state index contributed by atoms with van der Waals surface area (Å²) in [6.45, 7) is 5.58. The molecular weight excluding hydrogens is 401 g/mol. The molecule has 5 rings (SSSR count). The van der Waals surface area contributed by atoms with E-state index in [1.807, 2.05) is 24.6 Å². The number of benzene rings is 1. The van der Waals surface area contributed by atoms with Gasteiger partial charge in [-0.25, -0.2) is 9.37 Å². The van der Waals surface area contributed by atoms with Crippen molar-refractivity contribution in [3.05, 3.63) is 51.3 Å². The SMILES string of the molecule is Cc1nc2n(c(=O)c1CCN1CCC(c3nn(C)c4cc(F)ccc34)CC1)CCS2. The summed E-state index contributed by atoms with van der Waals surface area (Å²) in [5.41, 5.74) is 3.82. The molecule has 8 heteroatoms. The third-order valence-corrected chi connectivity index (χ3v) is 7.43. The van der Waals surface area contributed by atoms with E-state index in [9.17, 15) is 9.18 Å². The van der Waals surface area contributed by atoms with Gasteiger partial charge < -0.3 is 4.90 Å². The van der Waals surface area contributed by atoms with Crippen LogP contribution in [0.25, 0.3) is 10.9 Å². The number of fused-ring (bicyclic) bond motifs is 2. The van der Waals surface area contributed by atoms with Crippen LogP contribution >= 0.6 is 11.8 Å². The van der Waals surface area contributed by atoms with Gasteiger partial charge in [-0.2, -0.15) is 5.10 Å².